The van der Waals surface area contributed by atoms with Crippen molar-refractivity contribution in [3.63, 3.8) is 0 Å². The number of nitrogens with zero attached hydrogens (tertiary/aromatic N) is 1. The van der Waals surface area contributed by atoms with Crippen molar-refractivity contribution in [1.29, 1.82) is 0 Å². The fourth-order valence-electron chi connectivity index (χ4n) is 2.51. The van der Waals surface area contributed by atoms with Gasteiger partial charge in [-0.2, -0.15) is 0 Å². The normalized spacial score (nSPS) is 27.9. The van der Waals surface area contributed by atoms with Gasteiger partial charge < -0.3 is 4.90 Å². The molecule has 1 atom stereocenters. The molecule has 0 radical (unpaired) electrons. The Labute approximate surface area is 106 Å². The van der Waals surface area contributed by atoms with E-state index in [1.807, 2.05) is 0 Å². The number of hydrogen-bond donors (Lipinski definition) is 0. The van der Waals surface area contributed by atoms with Crippen molar-refractivity contribution in [3.8, 4) is 0 Å². The quantitative estimate of drug-likeness (QED) is 0.431. The van der Waals surface area contributed by atoms with Gasteiger partial charge >= 0.3 is 0 Å². The second kappa shape index (κ2) is 3.37. The van der Waals surface area contributed by atoms with Crippen LogP contribution in [0.1, 0.15) is 33.3 Å². The summed E-state index contributed by atoms with van der Waals surface area (Å²) in [5, 5.41) is 0. The van der Waals surface area contributed by atoms with Crippen LogP contribution in [0.5, 0.6) is 0 Å². The Balaban J connectivity index is 2.65. The summed E-state index contributed by atoms with van der Waals surface area (Å²) in [6.07, 6.45) is 0. The molecule has 2 heteroatoms. The molecule has 1 aliphatic rings. The molecule has 1 aromatic carbocycles. The first kappa shape index (κ1) is 11.2. The molecule has 0 saturated carbocycles. The van der Waals surface area contributed by atoms with E-state index in [1.165, 1.54) is 11.3 Å². The minimum Gasteiger partial charge on any atom is -0.356 e. The highest BCUT2D eigenvalue weighted by atomic mass is 127. The first-order valence-corrected chi connectivity index (χ1v) is 6.57. The van der Waals surface area contributed by atoms with Crippen LogP contribution in [0, 0.1) is 0 Å². The molecule has 1 heterocycles. The maximum absolute atomic E-state index is 2.59. The molecule has 1 unspecified atom stereocenters. The van der Waals surface area contributed by atoms with E-state index in [2.05, 4.69) is 79.5 Å². The van der Waals surface area contributed by atoms with Crippen molar-refractivity contribution in [2.75, 3.05) is 11.4 Å². The summed E-state index contributed by atoms with van der Waals surface area (Å²) in [5.74, 6) is 0. The SMILES string of the molecule is CCN1c2ccccc2C(C)(C)C1(C)I. The van der Waals surface area contributed by atoms with Gasteiger partial charge in [-0.3, -0.25) is 0 Å². The fraction of sp³-hybridized carbons (Fsp3) is 0.538. The van der Waals surface area contributed by atoms with Gasteiger partial charge in [0, 0.05) is 17.6 Å². The summed E-state index contributed by atoms with van der Waals surface area (Å²) in [4.78, 5) is 2.50. The van der Waals surface area contributed by atoms with Gasteiger partial charge in [0.25, 0.3) is 0 Å². The standard InChI is InChI=1S/C13H18IN/c1-5-15-11-9-7-6-8-10(11)12(2,3)13(15,4)14/h6-9H,5H2,1-4H3. The zero-order chi connectivity index (χ0) is 11.3. The lowest BCUT2D eigenvalue weighted by Crippen LogP contribution is -2.48. The summed E-state index contributed by atoms with van der Waals surface area (Å²) in [5.41, 5.74) is 3.09. The lowest BCUT2D eigenvalue weighted by molar-refractivity contribution is 0.426. The van der Waals surface area contributed by atoms with Crippen LogP contribution in [0.15, 0.2) is 24.3 Å². The molecular weight excluding hydrogens is 297 g/mol. The predicted molar refractivity (Wildman–Crippen MR) is 74.9 cm³/mol. The van der Waals surface area contributed by atoms with Gasteiger partial charge in [0.2, 0.25) is 0 Å². The van der Waals surface area contributed by atoms with E-state index < -0.39 is 0 Å². The molecule has 0 bridgehead atoms. The van der Waals surface area contributed by atoms with Crippen LogP contribution in [-0.4, -0.2) is 10.1 Å². The van der Waals surface area contributed by atoms with Crippen LogP contribution >= 0.6 is 22.6 Å². The van der Waals surface area contributed by atoms with Gasteiger partial charge in [-0.25, -0.2) is 0 Å². The molecule has 0 fully saturated rings. The number of anilines is 1. The third kappa shape index (κ3) is 1.33. The number of fused-ring (bicyclic) bond motifs is 1. The molecule has 15 heavy (non-hydrogen) atoms. The Bertz CT molecular complexity index is 382. The molecule has 0 amide bonds. The van der Waals surface area contributed by atoms with Gasteiger partial charge in [-0.05, 0) is 25.5 Å². The summed E-state index contributed by atoms with van der Waals surface area (Å²) in [7, 11) is 0. The molecule has 1 aliphatic heterocycles. The van der Waals surface area contributed by atoms with Crippen molar-refractivity contribution < 1.29 is 0 Å². The van der Waals surface area contributed by atoms with Crippen LogP contribution < -0.4 is 4.90 Å². The number of benzene rings is 1. The zero-order valence-corrected chi connectivity index (χ0v) is 12.0. The number of halogens is 1. The van der Waals surface area contributed by atoms with E-state index in [0.717, 1.165) is 6.54 Å². The summed E-state index contributed by atoms with van der Waals surface area (Å²) >= 11 is 2.59. The first-order valence-electron chi connectivity index (χ1n) is 5.49. The molecule has 0 aromatic heterocycles. The second-order valence-corrected chi connectivity index (χ2v) is 6.94. The van der Waals surface area contributed by atoms with Crippen molar-refractivity contribution >= 4 is 28.3 Å². The van der Waals surface area contributed by atoms with Crippen LogP contribution in [0.3, 0.4) is 0 Å². The minimum atomic E-state index is 0.170. The first-order chi connectivity index (χ1) is 6.93. The average Bonchev–Trinajstić information content (AvgIpc) is 2.32. The monoisotopic (exact) mass is 315 g/mol. The van der Waals surface area contributed by atoms with Crippen LogP contribution in [0.4, 0.5) is 5.69 Å². The van der Waals surface area contributed by atoms with Crippen LogP contribution in [0.25, 0.3) is 0 Å². The van der Waals surface area contributed by atoms with Gasteiger partial charge in [-0.15, -0.1) is 0 Å². The fourth-order valence-corrected chi connectivity index (χ4v) is 3.41. The molecule has 0 aliphatic carbocycles. The summed E-state index contributed by atoms with van der Waals surface area (Å²) in [6, 6.07) is 8.79. The maximum Gasteiger partial charge on any atom is 0.0980 e. The summed E-state index contributed by atoms with van der Waals surface area (Å²) < 4.78 is 0.170. The Morgan fingerprint density at radius 1 is 1.20 bits per heavy atom. The van der Waals surface area contributed by atoms with E-state index in [4.69, 9.17) is 0 Å². The van der Waals surface area contributed by atoms with Crippen LogP contribution in [-0.2, 0) is 5.41 Å². The van der Waals surface area contributed by atoms with E-state index in [1.54, 1.807) is 0 Å². The zero-order valence-electron chi connectivity index (χ0n) is 9.84. The van der Waals surface area contributed by atoms with Crippen molar-refractivity contribution in [3.05, 3.63) is 29.8 Å². The topological polar surface area (TPSA) is 3.24 Å². The third-order valence-electron chi connectivity index (χ3n) is 3.83. The molecule has 82 valence electrons. The largest absolute Gasteiger partial charge is 0.356 e. The molecule has 1 aromatic rings. The van der Waals surface area contributed by atoms with Gasteiger partial charge in [0.05, 0.1) is 3.55 Å². The van der Waals surface area contributed by atoms with Crippen molar-refractivity contribution in [1.82, 2.24) is 0 Å². The lowest BCUT2D eigenvalue weighted by Gasteiger charge is -2.40. The van der Waals surface area contributed by atoms with E-state index in [9.17, 15) is 0 Å². The molecule has 0 N–H and O–H groups in total. The summed E-state index contributed by atoms with van der Waals surface area (Å²) in [6.45, 7) is 10.3. The molecule has 0 spiro atoms. The molecule has 2 rings (SSSR count). The minimum absolute atomic E-state index is 0.170. The average molecular weight is 315 g/mol. The predicted octanol–water partition coefficient (Wildman–Crippen LogP) is 3.96. The highest BCUT2D eigenvalue weighted by molar-refractivity contribution is 14.1. The number of alkyl halides is 1. The molecule has 1 nitrogen and oxygen atoms in total. The smallest absolute Gasteiger partial charge is 0.0980 e. The lowest BCUT2D eigenvalue weighted by atomic mass is 9.81. The van der Waals surface area contributed by atoms with E-state index in [0.29, 0.717) is 0 Å². The number of hydrogen-bond acceptors (Lipinski definition) is 1. The van der Waals surface area contributed by atoms with Crippen molar-refractivity contribution in [2.24, 2.45) is 0 Å². The Kier molecular flexibility index (Phi) is 2.53. The Hall–Kier alpha value is -0.250. The van der Waals surface area contributed by atoms with Crippen molar-refractivity contribution in [2.45, 2.75) is 36.7 Å². The van der Waals surface area contributed by atoms with Gasteiger partial charge in [0.1, 0.15) is 0 Å². The Morgan fingerprint density at radius 3 is 2.40 bits per heavy atom. The Morgan fingerprint density at radius 2 is 1.80 bits per heavy atom. The maximum atomic E-state index is 2.59. The number of likely N-dealkylation sites (N-methyl/N-ethyl adjacent to an activating group) is 1. The number of rotatable bonds is 1. The molecular formula is C13H18IN. The van der Waals surface area contributed by atoms with Gasteiger partial charge in [-0.1, -0.05) is 54.6 Å². The highest BCUT2D eigenvalue weighted by Crippen LogP contribution is 2.54. The number of para-hydroxylation sites is 1. The second-order valence-electron chi connectivity index (χ2n) is 4.84. The highest BCUT2D eigenvalue weighted by Gasteiger charge is 2.51. The van der Waals surface area contributed by atoms with Gasteiger partial charge in [0.15, 0.2) is 0 Å². The third-order valence-corrected chi connectivity index (χ3v) is 5.76. The van der Waals surface area contributed by atoms with E-state index in [-0.39, 0.29) is 8.96 Å². The van der Waals surface area contributed by atoms with E-state index >= 15 is 0 Å². The molecule has 0 saturated heterocycles. The van der Waals surface area contributed by atoms with Crippen LogP contribution in [0.2, 0.25) is 0 Å².